The summed E-state index contributed by atoms with van der Waals surface area (Å²) in [5, 5.41) is 3.04. The highest BCUT2D eigenvalue weighted by molar-refractivity contribution is 7.47. The fourth-order valence-electron chi connectivity index (χ4n) is 7.86. The second kappa shape index (κ2) is 45.3. The van der Waals surface area contributed by atoms with E-state index in [1.54, 1.807) is 0 Å². The molecule has 0 saturated carbocycles. The third kappa shape index (κ3) is 45.6. The fourth-order valence-corrected chi connectivity index (χ4v) is 8.60. The molecule has 0 rings (SSSR count). The van der Waals surface area contributed by atoms with Crippen LogP contribution in [0.25, 0.3) is 0 Å². The van der Waals surface area contributed by atoms with Gasteiger partial charge in [-0.15, -0.1) is 0 Å². The average Bonchev–Trinajstić information content (AvgIpc) is 3.25. The van der Waals surface area contributed by atoms with Crippen LogP contribution in [0.3, 0.4) is 0 Å². The van der Waals surface area contributed by atoms with E-state index < -0.39 is 20.0 Å². The van der Waals surface area contributed by atoms with Crippen molar-refractivity contribution in [3.8, 4) is 0 Å². The van der Waals surface area contributed by atoms with Crippen LogP contribution in [-0.4, -0.2) is 74.3 Å². The molecule has 0 radical (unpaired) electrons. The summed E-state index contributed by atoms with van der Waals surface area (Å²) in [6.07, 6.45) is 50.2. The predicted octanol–water partition coefficient (Wildman–Crippen LogP) is 15.8. The molecule has 0 aromatic carbocycles. The number of ether oxygens (including phenoxy) is 1. The van der Waals surface area contributed by atoms with E-state index in [0.717, 1.165) is 83.5 Å². The molecule has 0 fully saturated rings. The number of hydrogen-bond acceptors (Lipinski definition) is 6. The Kier molecular flexibility index (Phi) is 44.2. The van der Waals surface area contributed by atoms with Gasteiger partial charge < -0.3 is 19.4 Å². The van der Waals surface area contributed by atoms with Gasteiger partial charge in [0.2, 0.25) is 5.91 Å². The average molecular weight is 926 g/mol. The van der Waals surface area contributed by atoms with Crippen molar-refractivity contribution in [3.05, 3.63) is 24.3 Å². The maximum atomic E-state index is 13.4. The Labute approximate surface area is 396 Å². The van der Waals surface area contributed by atoms with E-state index in [4.69, 9.17) is 13.8 Å². The second-order valence-corrected chi connectivity index (χ2v) is 21.2. The van der Waals surface area contributed by atoms with Crippen molar-refractivity contribution >= 4 is 19.7 Å². The van der Waals surface area contributed by atoms with Crippen LogP contribution in [0.1, 0.15) is 258 Å². The molecule has 0 aliphatic heterocycles. The fraction of sp³-hybridized carbons (Fsp3) is 0.889. The Balaban J connectivity index is 5.37. The van der Waals surface area contributed by atoms with E-state index in [1.807, 2.05) is 33.3 Å². The summed E-state index contributed by atoms with van der Waals surface area (Å²) in [5.74, 6) is -0.508. The van der Waals surface area contributed by atoms with E-state index in [2.05, 4.69) is 38.2 Å². The van der Waals surface area contributed by atoms with Gasteiger partial charge in [0.25, 0.3) is 0 Å². The van der Waals surface area contributed by atoms with Gasteiger partial charge in [-0.1, -0.05) is 219 Å². The largest absolute Gasteiger partial charge is 0.472 e. The van der Waals surface area contributed by atoms with E-state index in [1.165, 1.54) is 141 Å². The molecule has 378 valence electrons. The molecule has 3 unspecified atom stereocenters. The number of amides is 1. The highest BCUT2D eigenvalue weighted by Gasteiger charge is 2.30. The number of nitrogens with one attached hydrogen (secondary N) is 1. The van der Waals surface area contributed by atoms with Gasteiger partial charge in [-0.3, -0.25) is 18.6 Å². The van der Waals surface area contributed by atoms with Gasteiger partial charge in [0, 0.05) is 12.8 Å². The summed E-state index contributed by atoms with van der Waals surface area (Å²) in [4.78, 5) is 37.4. The van der Waals surface area contributed by atoms with Gasteiger partial charge in [-0.05, 0) is 51.0 Å². The van der Waals surface area contributed by atoms with Crippen molar-refractivity contribution < 1.29 is 37.3 Å². The molecule has 9 nitrogen and oxygen atoms in total. The Hall–Kier alpha value is -1.51. The minimum absolute atomic E-state index is 0.0420. The monoisotopic (exact) mass is 926 g/mol. The summed E-state index contributed by atoms with van der Waals surface area (Å²) in [5.41, 5.74) is 0. The minimum atomic E-state index is -4.43. The first-order chi connectivity index (χ1) is 30.9. The zero-order chi connectivity index (χ0) is 47.3. The standard InChI is InChI=1S/C54H105N2O7P/c1-7-10-13-16-19-22-25-27-28-29-32-34-37-40-43-46-53(57)55-51(50-62-64(59,60)61-49-48-56(4,5)6)52(45-42-39-36-33-31-26-23-20-17-14-11-8-2)63-54(58)47-44-41-38-35-30-24-21-18-15-12-9-3/h18,21,42,45,51-52H,7-17,19-20,22-41,43-44,46-50H2,1-6H3,(H-,55,57,59,60)/p+1/b21-18-,45-42+. The number of allylic oxidation sites excluding steroid dienone is 3. The molecular weight excluding hydrogens is 820 g/mol. The molecule has 64 heavy (non-hydrogen) atoms. The van der Waals surface area contributed by atoms with Gasteiger partial charge in [0.05, 0.1) is 33.8 Å². The molecular formula is C54H106N2O7P+. The number of carbonyl (C=O) groups excluding carboxylic acids is 2. The quantitative estimate of drug-likeness (QED) is 0.0205. The van der Waals surface area contributed by atoms with E-state index >= 15 is 0 Å². The number of hydrogen-bond donors (Lipinski definition) is 2. The summed E-state index contributed by atoms with van der Waals surface area (Å²) in [7, 11) is 1.50. The van der Waals surface area contributed by atoms with Crippen molar-refractivity contribution in [2.75, 3.05) is 40.9 Å². The molecule has 2 N–H and O–H groups in total. The third-order valence-corrected chi connectivity index (χ3v) is 13.1. The molecule has 0 bridgehead atoms. The van der Waals surface area contributed by atoms with Crippen LogP contribution in [0.4, 0.5) is 0 Å². The number of quaternary nitrogens is 1. The molecule has 0 saturated heterocycles. The lowest BCUT2D eigenvalue weighted by Crippen LogP contribution is -2.47. The maximum absolute atomic E-state index is 13.4. The molecule has 0 aliphatic carbocycles. The Bertz CT molecular complexity index is 1160. The molecule has 0 heterocycles. The zero-order valence-corrected chi connectivity index (χ0v) is 43.9. The van der Waals surface area contributed by atoms with Crippen molar-refractivity contribution in [3.63, 3.8) is 0 Å². The molecule has 0 aliphatic rings. The zero-order valence-electron chi connectivity index (χ0n) is 43.0. The van der Waals surface area contributed by atoms with Crippen molar-refractivity contribution in [2.45, 2.75) is 270 Å². The number of phosphoric acid groups is 1. The maximum Gasteiger partial charge on any atom is 0.472 e. The van der Waals surface area contributed by atoms with Crippen LogP contribution in [0.15, 0.2) is 24.3 Å². The summed E-state index contributed by atoms with van der Waals surface area (Å²) < 4.78 is 30.5. The van der Waals surface area contributed by atoms with Crippen LogP contribution in [0, 0.1) is 0 Å². The molecule has 10 heteroatoms. The van der Waals surface area contributed by atoms with E-state index in [0.29, 0.717) is 17.4 Å². The molecule has 0 aromatic heterocycles. The smallest absolute Gasteiger partial charge is 0.456 e. The number of rotatable bonds is 49. The number of carbonyl (C=O) groups is 2. The lowest BCUT2D eigenvalue weighted by molar-refractivity contribution is -0.870. The highest BCUT2D eigenvalue weighted by atomic mass is 31.2. The van der Waals surface area contributed by atoms with Crippen LogP contribution in [0.5, 0.6) is 0 Å². The lowest BCUT2D eigenvalue weighted by Gasteiger charge is -2.27. The summed E-state index contributed by atoms with van der Waals surface area (Å²) in [6.45, 7) is 6.98. The van der Waals surface area contributed by atoms with Gasteiger partial charge in [-0.25, -0.2) is 4.57 Å². The Morgan fingerprint density at radius 3 is 1.38 bits per heavy atom. The van der Waals surface area contributed by atoms with Gasteiger partial charge in [-0.2, -0.15) is 0 Å². The third-order valence-electron chi connectivity index (χ3n) is 12.1. The normalized spacial score (nSPS) is 14.0. The predicted molar refractivity (Wildman–Crippen MR) is 273 cm³/mol. The summed E-state index contributed by atoms with van der Waals surface area (Å²) >= 11 is 0. The number of nitrogens with zero attached hydrogens (tertiary/aromatic N) is 1. The van der Waals surface area contributed by atoms with Crippen molar-refractivity contribution in [1.29, 1.82) is 0 Å². The second-order valence-electron chi connectivity index (χ2n) is 19.8. The highest BCUT2D eigenvalue weighted by Crippen LogP contribution is 2.43. The first-order valence-electron chi connectivity index (χ1n) is 27.2. The van der Waals surface area contributed by atoms with Gasteiger partial charge in [0.15, 0.2) is 0 Å². The number of phosphoric ester groups is 1. The number of unbranched alkanes of at least 4 members (excludes halogenated alkanes) is 31. The number of likely N-dealkylation sites (N-methyl/N-ethyl adjacent to an activating group) is 1. The molecule has 0 spiro atoms. The Morgan fingerprint density at radius 1 is 0.531 bits per heavy atom. The number of esters is 1. The van der Waals surface area contributed by atoms with Crippen LogP contribution < -0.4 is 5.32 Å². The van der Waals surface area contributed by atoms with Crippen LogP contribution >= 0.6 is 7.82 Å². The lowest BCUT2D eigenvalue weighted by atomic mass is 10.0. The van der Waals surface area contributed by atoms with Gasteiger partial charge >= 0.3 is 13.8 Å². The topological polar surface area (TPSA) is 111 Å². The SMILES string of the molecule is CCCC/C=C\CCCCCCCC(=O)OC(/C=C/CCCCCCCCCCCC)C(COP(=O)(O)OCC[N+](C)(C)C)NC(=O)CCCCCCCCCCCCCCCCC. The van der Waals surface area contributed by atoms with Crippen LogP contribution in [-0.2, 0) is 27.9 Å². The Morgan fingerprint density at radius 2 is 0.922 bits per heavy atom. The minimum Gasteiger partial charge on any atom is -0.456 e. The van der Waals surface area contributed by atoms with Crippen molar-refractivity contribution in [1.82, 2.24) is 5.32 Å². The molecule has 0 aromatic rings. The van der Waals surface area contributed by atoms with Gasteiger partial charge in [0.1, 0.15) is 19.3 Å². The van der Waals surface area contributed by atoms with Crippen LogP contribution in [0.2, 0.25) is 0 Å². The van der Waals surface area contributed by atoms with E-state index in [9.17, 15) is 19.0 Å². The summed E-state index contributed by atoms with van der Waals surface area (Å²) in [6, 6.07) is -0.843. The molecule has 3 atom stereocenters. The molecule has 1 amide bonds. The van der Waals surface area contributed by atoms with E-state index in [-0.39, 0.29) is 31.5 Å². The first kappa shape index (κ1) is 62.5. The first-order valence-corrected chi connectivity index (χ1v) is 28.7. The van der Waals surface area contributed by atoms with Crippen molar-refractivity contribution in [2.24, 2.45) is 0 Å².